The van der Waals surface area contributed by atoms with Crippen molar-refractivity contribution in [3.63, 3.8) is 0 Å². The molecule has 4 heterocycles. The third kappa shape index (κ3) is 6.26. The molecular formula is C33H38ClFN8O2. The molecule has 1 saturated carbocycles. The second kappa shape index (κ2) is 13.2. The number of carbonyl (C=O) groups is 1. The Labute approximate surface area is 268 Å². The van der Waals surface area contributed by atoms with Gasteiger partial charge in [0.15, 0.2) is 5.83 Å². The quantitative estimate of drug-likeness (QED) is 0.243. The van der Waals surface area contributed by atoms with Gasteiger partial charge < -0.3 is 24.3 Å². The number of halogens is 2. The summed E-state index contributed by atoms with van der Waals surface area (Å²) in [6.45, 7) is 15.6. The van der Waals surface area contributed by atoms with E-state index in [-0.39, 0.29) is 19.1 Å². The zero-order chi connectivity index (χ0) is 31.7. The summed E-state index contributed by atoms with van der Waals surface area (Å²) in [6, 6.07) is 6.39. The van der Waals surface area contributed by atoms with Crippen LogP contribution in [0.2, 0.25) is 5.02 Å². The number of hydrogen-bond acceptors (Lipinski definition) is 8. The number of ether oxygens (including phenoxy) is 1. The standard InChI is InChI=1S/C33H38ClFN8O2/c1-21(40(4)24-8-6-9-24)20-45-33-38-28-19-41(29-17-37-15-23-7-5-10-27(34)30(23)29)12-11-26(28)31(39-33)42-13-14-43(32(44)22(2)35)25(18-42)16-36-3/h5,7,10,15,17,21,24-25H,2,6,8-9,11-14,16,18-20H2,1,4H3/t21-,25+/m1/s1. The van der Waals surface area contributed by atoms with Gasteiger partial charge in [-0.3, -0.25) is 14.7 Å². The molecule has 0 spiro atoms. The van der Waals surface area contributed by atoms with Crippen molar-refractivity contribution in [1.29, 1.82) is 0 Å². The summed E-state index contributed by atoms with van der Waals surface area (Å²) in [5.74, 6) is -1.04. The highest BCUT2D eigenvalue weighted by atomic mass is 35.5. The maximum Gasteiger partial charge on any atom is 0.318 e. The van der Waals surface area contributed by atoms with Crippen LogP contribution in [0.1, 0.15) is 37.4 Å². The van der Waals surface area contributed by atoms with E-state index in [1.54, 1.807) is 0 Å². The highest BCUT2D eigenvalue weighted by Crippen LogP contribution is 2.37. The predicted molar refractivity (Wildman–Crippen MR) is 173 cm³/mol. The summed E-state index contributed by atoms with van der Waals surface area (Å²) < 4.78 is 20.1. The molecule has 10 nitrogen and oxygen atoms in total. The normalized spacial score (nSPS) is 19.2. The molecule has 0 unspecified atom stereocenters. The van der Waals surface area contributed by atoms with Crippen molar-refractivity contribution in [2.24, 2.45) is 0 Å². The first-order valence-corrected chi connectivity index (χ1v) is 15.9. The number of piperazine rings is 1. The number of anilines is 2. The molecule has 1 saturated heterocycles. The summed E-state index contributed by atoms with van der Waals surface area (Å²) in [7, 11) is 2.14. The van der Waals surface area contributed by atoms with E-state index >= 15 is 0 Å². The first kappa shape index (κ1) is 31.0. The molecule has 1 aromatic carbocycles. The van der Waals surface area contributed by atoms with Crippen LogP contribution in [-0.4, -0.2) is 95.2 Å². The molecule has 3 aliphatic rings. The van der Waals surface area contributed by atoms with Crippen LogP contribution in [0.5, 0.6) is 6.01 Å². The van der Waals surface area contributed by atoms with Gasteiger partial charge in [-0.1, -0.05) is 36.7 Å². The molecule has 12 heteroatoms. The van der Waals surface area contributed by atoms with Crippen molar-refractivity contribution in [3.8, 4) is 6.01 Å². The fourth-order valence-electron chi connectivity index (χ4n) is 6.53. The number of fused-ring (bicyclic) bond motifs is 2. The van der Waals surface area contributed by atoms with E-state index in [4.69, 9.17) is 32.9 Å². The molecule has 2 fully saturated rings. The number of hydrogen-bond donors (Lipinski definition) is 0. The van der Waals surface area contributed by atoms with E-state index in [0.29, 0.717) is 56.3 Å². The number of pyridine rings is 1. The van der Waals surface area contributed by atoms with Gasteiger partial charge >= 0.3 is 6.01 Å². The Kier molecular flexibility index (Phi) is 9.06. The Bertz CT molecular complexity index is 1640. The zero-order valence-corrected chi connectivity index (χ0v) is 26.5. The number of aromatic nitrogens is 3. The van der Waals surface area contributed by atoms with Gasteiger partial charge in [-0.25, -0.2) is 11.0 Å². The molecule has 0 bridgehead atoms. The van der Waals surface area contributed by atoms with Crippen LogP contribution in [0.25, 0.3) is 15.6 Å². The lowest BCUT2D eigenvalue weighted by Crippen LogP contribution is -2.57. The summed E-state index contributed by atoms with van der Waals surface area (Å²) in [4.78, 5) is 38.5. The summed E-state index contributed by atoms with van der Waals surface area (Å²) in [5.41, 5.74) is 2.80. The number of nitrogens with zero attached hydrogens (tertiary/aromatic N) is 8. The first-order valence-electron chi connectivity index (χ1n) is 15.5. The lowest BCUT2D eigenvalue weighted by atomic mass is 9.91. The Morgan fingerprint density at radius 2 is 2.07 bits per heavy atom. The van der Waals surface area contributed by atoms with Crippen LogP contribution < -0.4 is 14.5 Å². The van der Waals surface area contributed by atoms with Crippen molar-refractivity contribution in [1.82, 2.24) is 24.8 Å². The molecule has 0 radical (unpaired) electrons. The smallest absolute Gasteiger partial charge is 0.318 e. The molecular weight excluding hydrogens is 595 g/mol. The van der Waals surface area contributed by atoms with Crippen LogP contribution >= 0.6 is 11.6 Å². The van der Waals surface area contributed by atoms with Gasteiger partial charge in [0.25, 0.3) is 5.91 Å². The fourth-order valence-corrected chi connectivity index (χ4v) is 6.81. The average molecular weight is 633 g/mol. The molecule has 2 aliphatic heterocycles. The molecule has 1 aliphatic carbocycles. The van der Waals surface area contributed by atoms with Gasteiger partial charge in [-0.05, 0) is 39.3 Å². The van der Waals surface area contributed by atoms with Crippen molar-refractivity contribution in [3.05, 3.63) is 70.7 Å². The topological polar surface area (TPSA) is 82.3 Å². The Morgan fingerprint density at radius 3 is 2.80 bits per heavy atom. The molecule has 6 rings (SSSR count). The van der Waals surface area contributed by atoms with Crippen LogP contribution in [0.3, 0.4) is 0 Å². The molecule has 3 aromatic rings. The average Bonchev–Trinajstić information content (AvgIpc) is 3.01. The van der Waals surface area contributed by atoms with E-state index in [1.165, 1.54) is 24.2 Å². The minimum absolute atomic E-state index is 0.0553. The second-order valence-electron chi connectivity index (χ2n) is 12.2. The van der Waals surface area contributed by atoms with Gasteiger partial charge in [-0.15, -0.1) is 0 Å². The summed E-state index contributed by atoms with van der Waals surface area (Å²) >= 11 is 6.67. The number of amides is 1. The van der Waals surface area contributed by atoms with E-state index < -0.39 is 17.8 Å². The molecule has 1 amide bonds. The number of rotatable bonds is 9. The zero-order valence-electron chi connectivity index (χ0n) is 25.8. The lowest BCUT2D eigenvalue weighted by Gasteiger charge is -2.41. The van der Waals surface area contributed by atoms with Crippen LogP contribution in [0, 0.1) is 6.57 Å². The summed E-state index contributed by atoms with van der Waals surface area (Å²) in [5, 5.41) is 2.59. The third-order valence-electron chi connectivity index (χ3n) is 9.45. The lowest BCUT2D eigenvalue weighted by molar-refractivity contribution is -0.131. The number of likely N-dealkylation sites (N-methyl/N-ethyl adjacent to an activating group) is 1. The van der Waals surface area contributed by atoms with Gasteiger partial charge in [0.1, 0.15) is 18.5 Å². The van der Waals surface area contributed by atoms with E-state index in [1.807, 2.05) is 30.6 Å². The van der Waals surface area contributed by atoms with Gasteiger partial charge in [0.2, 0.25) is 6.54 Å². The first-order chi connectivity index (χ1) is 21.7. The molecule has 0 N–H and O–H groups in total. The minimum atomic E-state index is -1.02. The van der Waals surface area contributed by atoms with Gasteiger partial charge in [0, 0.05) is 60.8 Å². The van der Waals surface area contributed by atoms with Crippen molar-refractivity contribution in [2.45, 2.75) is 57.3 Å². The van der Waals surface area contributed by atoms with Crippen molar-refractivity contribution < 1.29 is 13.9 Å². The van der Waals surface area contributed by atoms with Crippen molar-refractivity contribution >= 4 is 39.8 Å². The maximum absolute atomic E-state index is 13.8. The van der Waals surface area contributed by atoms with Crippen LogP contribution in [-0.2, 0) is 17.8 Å². The van der Waals surface area contributed by atoms with Crippen molar-refractivity contribution in [2.75, 3.05) is 56.2 Å². The van der Waals surface area contributed by atoms with E-state index in [0.717, 1.165) is 33.5 Å². The van der Waals surface area contributed by atoms with Crippen LogP contribution in [0.4, 0.5) is 15.9 Å². The third-order valence-corrected chi connectivity index (χ3v) is 9.77. The Balaban J connectivity index is 1.32. The largest absolute Gasteiger partial charge is 0.462 e. The molecule has 45 heavy (non-hydrogen) atoms. The van der Waals surface area contributed by atoms with E-state index in [2.05, 4.69) is 45.1 Å². The predicted octanol–water partition coefficient (Wildman–Crippen LogP) is 4.91. The van der Waals surface area contributed by atoms with Gasteiger partial charge in [0.05, 0.1) is 29.1 Å². The fraction of sp³-hybridized carbons (Fsp3) is 0.485. The Morgan fingerprint density at radius 1 is 1.24 bits per heavy atom. The highest BCUT2D eigenvalue weighted by molar-refractivity contribution is 6.36. The maximum atomic E-state index is 13.8. The SMILES string of the molecule is [C-]#[N+]C[C@H]1CN(c2nc(OC[C@@H](C)N(C)C3CCC3)nc3c2CCN(c2cncc4cccc(Cl)c24)C3)CCN1C(=O)C(=C)F. The van der Waals surface area contributed by atoms with Crippen LogP contribution in [0.15, 0.2) is 43.0 Å². The molecule has 236 valence electrons. The monoisotopic (exact) mass is 632 g/mol. The molecule has 2 atom stereocenters. The number of carbonyl (C=O) groups excluding carboxylic acids is 1. The van der Waals surface area contributed by atoms with E-state index in [9.17, 15) is 9.18 Å². The second-order valence-corrected chi connectivity index (χ2v) is 12.6. The number of benzene rings is 1. The molecule has 2 aromatic heterocycles. The minimum Gasteiger partial charge on any atom is -0.462 e. The highest BCUT2D eigenvalue weighted by Gasteiger charge is 2.36. The Hall–Kier alpha value is -4.01. The summed E-state index contributed by atoms with van der Waals surface area (Å²) in [6.07, 6.45) is 8.01. The van der Waals surface area contributed by atoms with Gasteiger partial charge in [-0.2, -0.15) is 9.97 Å².